The zero-order valence-electron chi connectivity index (χ0n) is 19.0. The summed E-state index contributed by atoms with van der Waals surface area (Å²) in [5.41, 5.74) is 6.91. The maximum absolute atomic E-state index is 11.0. The monoisotopic (exact) mass is 394 g/mol. The number of allylic oxidation sites excluding steroid dienone is 3. The standard InChI is InChI=1S/C13H14.C11H14O.C2H6.CH4O/c1-10-8-9-11(2)13-7-5-3-4-6-12(10)13;1-2-11(12)9-8-10-6-4-3-5-7-10;2*1-2/h3-6,8-9H,7H2,1-2H3;3-7H,2,8-9H2,1H3;1-2H3;2H,1H3. The normalized spacial score (nSPS) is 10.7. The van der Waals surface area contributed by atoms with Gasteiger partial charge in [-0.15, -0.1) is 0 Å². The fourth-order valence-electron chi connectivity index (χ4n) is 2.92. The highest BCUT2D eigenvalue weighted by Crippen LogP contribution is 2.22. The number of Topliss-reactive ketones (excluding diaryl/α,β-unsaturated/α-hetero) is 1. The summed E-state index contributed by atoms with van der Waals surface area (Å²) in [5.74, 6) is 0.346. The molecule has 1 N–H and O–H groups in total. The molecule has 0 aliphatic heterocycles. The first-order chi connectivity index (χ1) is 14.1. The van der Waals surface area contributed by atoms with Crippen LogP contribution < -0.4 is 0 Å². The lowest BCUT2D eigenvalue weighted by Crippen LogP contribution is -1.97. The summed E-state index contributed by atoms with van der Waals surface area (Å²) in [7, 11) is 1.00. The van der Waals surface area contributed by atoms with Crippen LogP contribution in [0.3, 0.4) is 0 Å². The molecular formula is C27H38O2. The lowest BCUT2D eigenvalue weighted by Gasteiger charge is -2.09. The van der Waals surface area contributed by atoms with Crippen molar-refractivity contribution in [2.75, 3.05) is 7.11 Å². The van der Waals surface area contributed by atoms with E-state index in [-0.39, 0.29) is 0 Å². The fraction of sp³-hybridized carbons (Fsp3) is 0.370. The van der Waals surface area contributed by atoms with Crippen molar-refractivity contribution in [2.45, 2.75) is 60.3 Å². The molecule has 0 amide bonds. The minimum absolute atomic E-state index is 0.346. The second-order valence-corrected chi connectivity index (χ2v) is 6.46. The van der Waals surface area contributed by atoms with Crippen LogP contribution in [-0.4, -0.2) is 18.0 Å². The smallest absolute Gasteiger partial charge is 0.132 e. The minimum Gasteiger partial charge on any atom is -0.400 e. The van der Waals surface area contributed by atoms with Crippen molar-refractivity contribution in [1.82, 2.24) is 0 Å². The van der Waals surface area contributed by atoms with Crippen LogP contribution in [0.2, 0.25) is 0 Å². The molecule has 0 unspecified atom stereocenters. The number of aliphatic hydroxyl groups excluding tert-OH is 1. The van der Waals surface area contributed by atoms with Gasteiger partial charge in [-0.3, -0.25) is 4.79 Å². The van der Waals surface area contributed by atoms with Crippen LogP contribution in [0.25, 0.3) is 6.08 Å². The second kappa shape index (κ2) is 16.5. The maximum atomic E-state index is 11.0. The van der Waals surface area contributed by atoms with Gasteiger partial charge in [-0.05, 0) is 54.5 Å². The number of ketones is 1. The highest BCUT2D eigenvalue weighted by Gasteiger charge is 2.05. The molecule has 0 atom stereocenters. The Balaban J connectivity index is 0.000000463. The van der Waals surface area contributed by atoms with E-state index in [0.717, 1.165) is 20.0 Å². The van der Waals surface area contributed by atoms with E-state index in [4.69, 9.17) is 5.11 Å². The van der Waals surface area contributed by atoms with E-state index < -0.39 is 0 Å². The maximum Gasteiger partial charge on any atom is 0.132 e. The third-order valence-corrected chi connectivity index (χ3v) is 4.57. The summed E-state index contributed by atoms with van der Waals surface area (Å²) in [6, 6.07) is 14.5. The lowest BCUT2D eigenvalue weighted by atomic mass is 9.96. The van der Waals surface area contributed by atoms with Crippen molar-refractivity contribution in [3.8, 4) is 0 Å². The molecule has 0 heterocycles. The second-order valence-electron chi connectivity index (χ2n) is 6.46. The van der Waals surface area contributed by atoms with E-state index >= 15 is 0 Å². The molecule has 0 bridgehead atoms. The molecule has 29 heavy (non-hydrogen) atoms. The molecule has 0 aromatic heterocycles. The van der Waals surface area contributed by atoms with E-state index in [9.17, 15) is 4.79 Å². The number of rotatable bonds is 4. The molecule has 0 saturated heterocycles. The van der Waals surface area contributed by atoms with Crippen LogP contribution in [0.4, 0.5) is 0 Å². The SMILES string of the molecule is CC.CCC(=O)CCc1ccccc1.CO.Cc1ccc(C)c2c1C=CC=CC2. The van der Waals surface area contributed by atoms with Crippen LogP contribution in [0.5, 0.6) is 0 Å². The molecule has 0 fully saturated rings. The van der Waals surface area contributed by atoms with Gasteiger partial charge in [-0.25, -0.2) is 0 Å². The Labute approximate surface area is 178 Å². The molecule has 0 saturated carbocycles. The average molecular weight is 395 g/mol. The largest absolute Gasteiger partial charge is 0.400 e. The van der Waals surface area contributed by atoms with Gasteiger partial charge in [0, 0.05) is 20.0 Å². The summed E-state index contributed by atoms with van der Waals surface area (Å²) in [4.78, 5) is 11.0. The van der Waals surface area contributed by atoms with Crippen molar-refractivity contribution >= 4 is 11.9 Å². The number of hydrogen-bond acceptors (Lipinski definition) is 2. The minimum atomic E-state index is 0.346. The first-order valence-electron chi connectivity index (χ1n) is 10.5. The summed E-state index contributed by atoms with van der Waals surface area (Å²) >= 11 is 0. The zero-order chi connectivity index (χ0) is 22.1. The van der Waals surface area contributed by atoms with Crippen molar-refractivity contribution < 1.29 is 9.90 Å². The Morgan fingerprint density at radius 2 is 1.55 bits per heavy atom. The molecular weight excluding hydrogens is 356 g/mol. The number of hydrogen-bond donors (Lipinski definition) is 1. The molecule has 0 radical (unpaired) electrons. The van der Waals surface area contributed by atoms with Crippen molar-refractivity contribution in [3.63, 3.8) is 0 Å². The number of carbonyl (C=O) groups is 1. The number of carbonyl (C=O) groups excluding carboxylic acids is 1. The van der Waals surface area contributed by atoms with Crippen LogP contribution in [0.1, 0.15) is 61.4 Å². The summed E-state index contributed by atoms with van der Waals surface area (Å²) in [6.07, 6.45) is 12.0. The first kappa shape index (κ1) is 26.6. The van der Waals surface area contributed by atoms with Crippen LogP contribution >= 0.6 is 0 Å². The van der Waals surface area contributed by atoms with Gasteiger partial charge in [-0.2, -0.15) is 0 Å². The van der Waals surface area contributed by atoms with E-state index in [1.165, 1.54) is 27.8 Å². The highest BCUT2D eigenvalue weighted by atomic mass is 16.2. The fourth-order valence-corrected chi connectivity index (χ4v) is 2.92. The van der Waals surface area contributed by atoms with E-state index in [0.29, 0.717) is 18.6 Å². The molecule has 0 spiro atoms. The van der Waals surface area contributed by atoms with Crippen LogP contribution in [-0.2, 0) is 17.6 Å². The molecule has 2 nitrogen and oxygen atoms in total. The molecule has 3 rings (SSSR count). The number of aliphatic hydroxyl groups is 1. The van der Waals surface area contributed by atoms with E-state index in [2.05, 4.69) is 62.4 Å². The van der Waals surface area contributed by atoms with E-state index in [1.807, 2.05) is 39.0 Å². The van der Waals surface area contributed by atoms with Gasteiger partial charge in [0.25, 0.3) is 0 Å². The number of aryl methyl sites for hydroxylation is 3. The molecule has 2 aromatic rings. The molecule has 158 valence electrons. The lowest BCUT2D eigenvalue weighted by molar-refractivity contribution is -0.118. The van der Waals surface area contributed by atoms with Crippen molar-refractivity contribution in [2.24, 2.45) is 0 Å². The van der Waals surface area contributed by atoms with Gasteiger partial charge >= 0.3 is 0 Å². The third kappa shape index (κ3) is 10.0. The Bertz CT molecular complexity index is 756. The topological polar surface area (TPSA) is 37.3 Å². The van der Waals surface area contributed by atoms with E-state index in [1.54, 1.807) is 0 Å². The van der Waals surface area contributed by atoms with Crippen LogP contribution in [0, 0.1) is 13.8 Å². The molecule has 2 aromatic carbocycles. The van der Waals surface area contributed by atoms with Gasteiger partial charge in [0.05, 0.1) is 0 Å². The Morgan fingerprint density at radius 3 is 2.17 bits per heavy atom. The quantitative estimate of drug-likeness (QED) is 0.629. The number of benzene rings is 2. The Kier molecular flexibility index (Phi) is 15.1. The predicted molar refractivity (Wildman–Crippen MR) is 127 cm³/mol. The summed E-state index contributed by atoms with van der Waals surface area (Å²) in [6.45, 7) is 10.3. The van der Waals surface area contributed by atoms with Gasteiger partial charge in [0.2, 0.25) is 0 Å². The number of fused-ring (bicyclic) bond motifs is 1. The third-order valence-electron chi connectivity index (χ3n) is 4.57. The zero-order valence-corrected chi connectivity index (χ0v) is 19.0. The van der Waals surface area contributed by atoms with Crippen LogP contribution in [0.15, 0.2) is 60.7 Å². The summed E-state index contributed by atoms with van der Waals surface area (Å²) < 4.78 is 0. The van der Waals surface area contributed by atoms with Crippen molar-refractivity contribution in [3.05, 3.63) is 88.5 Å². The molecule has 1 aliphatic carbocycles. The molecule has 2 heteroatoms. The predicted octanol–water partition coefficient (Wildman–Crippen LogP) is 6.66. The summed E-state index contributed by atoms with van der Waals surface area (Å²) in [5, 5.41) is 7.00. The van der Waals surface area contributed by atoms with Gasteiger partial charge in [-0.1, -0.05) is 87.5 Å². The van der Waals surface area contributed by atoms with Crippen molar-refractivity contribution in [1.29, 1.82) is 0 Å². The highest BCUT2D eigenvalue weighted by molar-refractivity contribution is 5.78. The molecule has 1 aliphatic rings. The van der Waals surface area contributed by atoms with Gasteiger partial charge < -0.3 is 5.11 Å². The van der Waals surface area contributed by atoms with Gasteiger partial charge in [0.15, 0.2) is 0 Å². The Morgan fingerprint density at radius 1 is 0.931 bits per heavy atom. The first-order valence-corrected chi connectivity index (χ1v) is 10.5. The van der Waals surface area contributed by atoms with Gasteiger partial charge in [0.1, 0.15) is 5.78 Å². The average Bonchev–Trinajstić information content (AvgIpc) is 3.06. The Hall–Kier alpha value is -2.45.